The molecule has 1 aliphatic rings. The molecule has 0 amide bonds. The zero-order chi connectivity index (χ0) is 16.0. The van der Waals surface area contributed by atoms with Crippen LogP contribution in [0.4, 0.5) is 0 Å². The van der Waals surface area contributed by atoms with Crippen LogP contribution in [0.5, 0.6) is 0 Å². The summed E-state index contributed by atoms with van der Waals surface area (Å²) >= 11 is 0. The molecule has 4 nitrogen and oxygen atoms in total. The molecule has 21 heavy (non-hydrogen) atoms. The van der Waals surface area contributed by atoms with Crippen molar-refractivity contribution in [1.82, 2.24) is 0 Å². The molecule has 1 aromatic rings. The Kier molecular flexibility index (Phi) is 4.22. The first-order chi connectivity index (χ1) is 9.60. The SMILES string of the molecule is COC(=O)c1ccc(B2OC(C)(C)C(C)(C)O2)c(C)c1P. The van der Waals surface area contributed by atoms with Crippen LogP contribution in [0.2, 0.25) is 0 Å². The van der Waals surface area contributed by atoms with Crippen LogP contribution in [-0.2, 0) is 14.0 Å². The van der Waals surface area contributed by atoms with Crippen molar-refractivity contribution in [3.8, 4) is 0 Å². The van der Waals surface area contributed by atoms with Gasteiger partial charge in [-0.15, -0.1) is 9.24 Å². The molecule has 1 fully saturated rings. The number of carbonyl (C=O) groups excluding carboxylic acids is 1. The topological polar surface area (TPSA) is 44.8 Å². The number of carbonyl (C=O) groups is 1. The van der Waals surface area contributed by atoms with E-state index < -0.39 is 7.12 Å². The molecule has 1 unspecified atom stereocenters. The minimum absolute atomic E-state index is 0.344. The molecule has 0 saturated carbocycles. The van der Waals surface area contributed by atoms with Gasteiger partial charge in [-0.25, -0.2) is 4.79 Å². The number of hydrogen-bond acceptors (Lipinski definition) is 4. The van der Waals surface area contributed by atoms with Crippen LogP contribution in [0.3, 0.4) is 0 Å². The molecule has 0 aromatic heterocycles. The van der Waals surface area contributed by atoms with Crippen LogP contribution >= 0.6 is 9.24 Å². The zero-order valence-electron chi connectivity index (χ0n) is 13.4. The summed E-state index contributed by atoms with van der Waals surface area (Å²) in [5.41, 5.74) is 1.67. The Morgan fingerprint density at radius 1 is 1.19 bits per heavy atom. The maximum absolute atomic E-state index is 11.7. The molecular formula is C15H22BO4P. The average molecular weight is 308 g/mol. The fourth-order valence-electron chi connectivity index (χ4n) is 2.26. The second-order valence-electron chi connectivity index (χ2n) is 6.32. The first kappa shape index (κ1) is 16.5. The number of esters is 1. The lowest BCUT2D eigenvalue weighted by molar-refractivity contribution is 0.00578. The number of benzene rings is 1. The van der Waals surface area contributed by atoms with E-state index in [2.05, 4.69) is 9.24 Å². The van der Waals surface area contributed by atoms with E-state index in [1.807, 2.05) is 40.7 Å². The molecule has 1 aliphatic heterocycles. The normalized spacial score (nSPS) is 19.7. The highest BCUT2D eigenvalue weighted by Crippen LogP contribution is 2.36. The molecule has 1 heterocycles. The zero-order valence-corrected chi connectivity index (χ0v) is 14.6. The Morgan fingerprint density at radius 2 is 1.71 bits per heavy atom. The highest BCUT2D eigenvalue weighted by Gasteiger charge is 2.52. The van der Waals surface area contributed by atoms with Gasteiger partial charge in [-0.05, 0) is 57.0 Å². The maximum atomic E-state index is 11.7. The lowest BCUT2D eigenvalue weighted by Gasteiger charge is -2.32. The van der Waals surface area contributed by atoms with Gasteiger partial charge >= 0.3 is 13.1 Å². The maximum Gasteiger partial charge on any atom is 0.495 e. The monoisotopic (exact) mass is 308 g/mol. The lowest BCUT2D eigenvalue weighted by atomic mass is 9.75. The van der Waals surface area contributed by atoms with Gasteiger partial charge in [0.05, 0.1) is 23.9 Å². The Hall–Kier alpha value is -0.895. The van der Waals surface area contributed by atoms with Gasteiger partial charge in [-0.3, -0.25) is 0 Å². The van der Waals surface area contributed by atoms with Gasteiger partial charge in [0.2, 0.25) is 0 Å². The molecule has 6 heteroatoms. The summed E-state index contributed by atoms with van der Waals surface area (Å²) in [5.74, 6) is -0.344. The Bertz CT molecular complexity index is 567. The van der Waals surface area contributed by atoms with E-state index in [-0.39, 0.29) is 17.2 Å². The van der Waals surface area contributed by atoms with Crippen molar-refractivity contribution in [2.45, 2.75) is 45.8 Å². The van der Waals surface area contributed by atoms with E-state index in [4.69, 9.17) is 14.0 Å². The molecule has 0 spiro atoms. The van der Waals surface area contributed by atoms with Crippen molar-refractivity contribution in [2.75, 3.05) is 7.11 Å². The molecular weight excluding hydrogens is 286 g/mol. The van der Waals surface area contributed by atoms with Gasteiger partial charge in [0, 0.05) is 0 Å². The van der Waals surface area contributed by atoms with Crippen LogP contribution in [0.1, 0.15) is 43.6 Å². The van der Waals surface area contributed by atoms with Gasteiger partial charge in [0.1, 0.15) is 0 Å². The molecule has 0 bridgehead atoms. The number of methoxy groups -OCH3 is 1. The fraction of sp³-hybridized carbons (Fsp3) is 0.533. The number of hydrogen-bond donors (Lipinski definition) is 0. The molecule has 114 valence electrons. The van der Waals surface area contributed by atoms with Gasteiger partial charge in [0.15, 0.2) is 0 Å². The van der Waals surface area contributed by atoms with E-state index >= 15 is 0 Å². The summed E-state index contributed by atoms with van der Waals surface area (Å²) in [6.45, 7) is 10.0. The van der Waals surface area contributed by atoms with E-state index in [0.717, 1.165) is 16.3 Å². The quantitative estimate of drug-likeness (QED) is 0.473. The van der Waals surface area contributed by atoms with Crippen molar-refractivity contribution in [1.29, 1.82) is 0 Å². The minimum atomic E-state index is -0.430. The average Bonchev–Trinajstić information content (AvgIpc) is 2.60. The first-order valence-corrected chi connectivity index (χ1v) is 7.51. The van der Waals surface area contributed by atoms with Crippen LogP contribution in [0, 0.1) is 6.92 Å². The summed E-state index contributed by atoms with van der Waals surface area (Å²) in [4.78, 5) is 11.7. The third-order valence-electron chi connectivity index (χ3n) is 4.47. The first-order valence-electron chi connectivity index (χ1n) is 6.93. The van der Waals surface area contributed by atoms with Gasteiger partial charge in [-0.1, -0.05) is 6.07 Å². The third-order valence-corrected chi connectivity index (χ3v) is 5.21. The molecule has 0 aliphatic carbocycles. The standard InChI is InChI=1S/C15H22BO4P/c1-9-11(8-7-10(12(9)21)13(17)18-6)16-19-14(2,3)15(4,5)20-16/h7-8H,21H2,1-6H3. The molecule has 0 N–H and O–H groups in total. The largest absolute Gasteiger partial charge is 0.495 e. The highest BCUT2D eigenvalue weighted by molar-refractivity contribution is 7.28. The van der Waals surface area contributed by atoms with Crippen molar-refractivity contribution in [3.05, 3.63) is 23.3 Å². The van der Waals surface area contributed by atoms with Crippen LogP contribution in [0.25, 0.3) is 0 Å². The molecule has 1 saturated heterocycles. The molecule has 2 rings (SSSR count). The van der Waals surface area contributed by atoms with Gasteiger partial charge in [0.25, 0.3) is 0 Å². The van der Waals surface area contributed by atoms with Crippen molar-refractivity contribution < 1.29 is 18.8 Å². The minimum Gasteiger partial charge on any atom is -0.465 e. The van der Waals surface area contributed by atoms with E-state index in [1.54, 1.807) is 6.07 Å². The lowest BCUT2D eigenvalue weighted by Crippen LogP contribution is -2.41. The van der Waals surface area contributed by atoms with Crippen molar-refractivity contribution >= 4 is 33.1 Å². The Labute approximate surface area is 128 Å². The second kappa shape index (κ2) is 5.38. The summed E-state index contributed by atoms with van der Waals surface area (Å²) in [6.07, 6.45) is 0. The number of rotatable bonds is 2. The van der Waals surface area contributed by atoms with E-state index in [1.165, 1.54) is 7.11 Å². The second-order valence-corrected chi connectivity index (χ2v) is 6.90. The summed E-state index contributed by atoms with van der Waals surface area (Å²) in [6, 6.07) is 3.62. The van der Waals surface area contributed by atoms with E-state index in [0.29, 0.717) is 5.56 Å². The molecule has 0 radical (unpaired) electrons. The predicted molar refractivity (Wildman–Crippen MR) is 87.6 cm³/mol. The predicted octanol–water partition coefficient (Wildman–Crippen LogP) is 1.58. The number of ether oxygens (including phenoxy) is 1. The summed E-state index contributed by atoms with van der Waals surface area (Å²) in [7, 11) is 3.55. The van der Waals surface area contributed by atoms with Gasteiger partial charge < -0.3 is 14.0 Å². The van der Waals surface area contributed by atoms with Crippen LogP contribution in [0.15, 0.2) is 12.1 Å². The van der Waals surface area contributed by atoms with Crippen LogP contribution < -0.4 is 10.8 Å². The fourth-order valence-corrected chi connectivity index (χ4v) is 2.64. The molecule has 1 aromatic carbocycles. The smallest absolute Gasteiger partial charge is 0.465 e. The summed E-state index contributed by atoms with van der Waals surface area (Å²) in [5, 5.41) is 0.814. The third kappa shape index (κ3) is 2.75. The Morgan fingerprint density at radius 3 is 2.19 bits per heavy atom. The Balaban J connectivity index is 2.40. The highest BCUT2D eigenvalue weighted by atomic mass is 31.0. The van der Waals surface area contributed by atoms with Gasteiger partial charge in [-0.2, -0.15) is 0 Å². The van der Waals surface area contributed by atoms with E-state index in [9.17, 15) is 4.79 Å². The van der Waals surface area contributed by atoms with Crippen LogP contribution in [-0.4, -0.2) is 31.4 Å². The van der Waals surface area contributed by atoms with Crippen molar-refractivity contribution in [3.63, 3.8) is 0 Å². The molecule has 1 atom stereocenters. The van der Waals surface area contributed by atoms with Crippen molar-refractivity contribution in [2.24, 2.45) is 0 Å². The summed E-state index contributed by atoms with van der Waals surface area (Å²) < 4.78 is 16.9.